The maximum Gasteiger partial charge on any atom is 0.200 e. The van der Waals surface area contributed by atoms with Crippen LogP contribution in [-0.2, 0) is 6.42 Å². The number of benzene rings is 8. The fraction of sp³-hybridized carbons (Fsp3) is 0.226. The predicted octanol–water partition coefficient (Wildman–Crippen LogP) is 6.22. The van der Waals surface area contributed by atoms with E-state index in [0.29, 0.717) is 0 Å². The van der Waals surface area contributed by atoms with Crippen molar-refractivity contribution < 1.29 is 126 Å². The molecule has 12 rings (SSSR count). The first-order chi connectivity index (χ1) is 41.2. The zero-order chi connectivity index (χ0) is 62.4. The summed E-state index contributed by atoms with van der Waals surface area (Å²) < 4.78 is 25.6. The Morgan fingerprint density at radius 1 is 0.322 bits per heavy atom. The fourth-order valence-corrected chi connectivity index (χ4v) is 12.6. The summed E-state index contributed by atoms with van der Waals surface area (Å²) in [6.07, 6.45) is -15.2. The van der Waals surface area contributed by atoms with Crippen LogP contribution in [0.15, 0.2) is 84.9 Å². The Labute approximate surface area is 489 Å². The molecule has 0 aromatic heterocycles. The zero-order valence-corrected chi connectivity index (χ0v) is 45.2. The van der Waals surface area contributed by atoms with Gasteiger partial charge < -0.3 is 126 Å². The molecule has 0 fully saturated rings. The molecule has 21 N–H and O–H groups in total. The summed E-state index contributed by atoms with van der Waals surface area (Å²) in [6, 6.07) is 15.2. The maximum absolute atomic E-state index is 13.6. The van der Waals surface area contributed by atoms with Crippen molar-refractivity contribution in [3.05, 3.63) is 157 Å². The first-order valence-electron chi connectivity index (χ1n) is 26.7. The second-order valence-electron chi connectivity index (χ2n) is 22.0. The number of phenols is 17. The highest BCUT2D eigenvalue weighted by molar-refractivity contribution is 5.73. The van der Waals surface area contributed by atoms with Gasteiger partial charge in [0, 0.05) is 103 Å². The van der Waals surface area contributed by atoms with Gasteiger partial charge in [0.05, 0.1) is 6.10 Å². The Balaban J connectivity index is 1.15. The van der Waals surface area contributed by atoms with Gasteiger partial charge in [-0.15, -0.1) is 0 Å². The number of phenolic OH excluding ortho intramolecular Hbond substituents is 17. The first-order valence-corrected chi connectivity index (χ1v) is 26.7. The van der Waals surface area contributed by atoms with Crippen LogP contribution in [0.5, 0.6) is 121 Å². The molecule has 0 bridgehead atoms. The molecule has 0 saturated heterocycles. The van der Waals surface area contributed by atoms with Crippen LogP contribution in [-0.4, -0.2) is 132 Å². The number of fused-ring (bicyclic) bond motifs is 4. The van der Waals surface area contributed by atoms with Gasteiger partial charge in [0.25, 0.3) is 0 Å². The predicted molar refractivity (Wildman–Crippen MR) is 296 cm³/mol. The highest BCUT2D eigenvalue weighted by atomic mass is 16.5. The quantitative estimate of drug-likeness (QED) is 0.0788. The lowest BCUT2D eigenvalue weighted by molar-refractivity contribution is -0.000272. The Bertz CT molecular complexity index is 4110. The Morgan fingerprint density at radius 3 is 1.21 bits per heavy atom. The smallest absolute Gasteiger partial charge is 0.200 e. The van der Waals surface area contributed by atoms with Crippen LogP contribution < -0.4 is 18.9 Å². The molecular weight excluding hydrogens is 1140 g/mol. The second-order valence-corrected chi connectivity index (χ2v) is 22.0. The van der Waals surface area contributed by atoms with Crippen LogP contribution in [0.4, 0.5) is 0 Å². The average molecular weight is 1200 g/mol. The fourth-order valence-electron chi connectivity index (χ4n) is 12.6. The third-order valence-electron chi connectivity index (χ3n) is 16.9. The van der Waals surface area contributed by atoms with Crippen LogP contribution in [0.25, 0.3) is 0 Å². The number of rotatable bonds is 7. The van der Waals surface area contributed by atoms with Crippen molar-refractivity contribution in [1.82, 2.24) is 0 Å². The molecule has 25 nitrogen and oxygen atoms in total. The molecule has 25 heteroatoms. The van der Waals surface area contributed by atoms with E-state index in [-0.39, 0.29) is 89.9 Å². The van der Waals surface area contributed by atoms with Gasteiger partial charge in [-0.05, 0) is 80.6 Å². The molecule has 0 saturated carbocycles. The summed E-state index contributed by atoms with van der Waals surface area (Å²) in [5.41, 5.74) is -2.69. The van der Waals surface area contributed by atoms with E-state index in [4.69, 9.17) is 18.9 Å². The summed E-state index contributed by atoms with van der Waals surface area (Å²) in [7, 11) is 0. The van der Waals surface area contributed by atoms with Gasteiger partial charge in [-0.3, -0.25) is 0 Å². The summed E-state index contributed by atoms with van der Waals surface area (Å²) >= 11 is 0. The molecule has 87 heavy (non-hydrogen) atoms. The summed E-state index contributed by atoms with van der Waals surface area (Å²) in [5.74, 6) is -20.1. The van der Waals surface area contributed by atoms with E-state index in [0.717, 1.165) is 48.5 Å². The molecule has 4 aliphatic rings. The minimum atomic E-state index is -2.16. The lowest BCUT2D eigenvalue weighted by atomic mass is 9.71. The Kier molecular flexibility index (Phi) is 13.3. The van der Waals surface area contributed by atoms with E-state index in [2.05, 4.69) is 0 Å². The van der Waals surface area contributed by atoms with Crippen molar-refractivity contribution in [3.8, 4) is 121 Å². The molecule has 0 radical (unpaired) electrons. The first kappa shape index (κ1) is 56.9. The van der Waals surface area contributed by atoms with E-state index in [1.807, 2.05) is 0 Å². The molecule has 0 aliphatic carbocycles. The van der Waals surface area contributed by atoms with Crippen LogP contribution in [0.3, 0.4) is 0 Å². The van der Waals surface area contributed by atoms with Gasteiger partial charge in [-0.1, -0.05) is 12.1 Å². The van der Waals surface area contributed by atoms with Gasteiger partial charge in [-0.2, -0.15) is 0 Å². The number of hydrogen-bond donors (Lipinski definition) is 21. The standard InChI is InChI=1S/C62H54O25/c1-18-30(64)6-5-26-42(54(82)60(85-56(18)26)22-11-35(69)50(78)36(70)12-22)45-52(80)44(47(75)29-17-39(73)58(87-62(29)45)20-7-31(65)48(76)32(66)8-20)43-28-16-27(46(74)19(2)57(28)86-61(55(43)83)23-13-37(71)51(79)38(72)14-23)41-25-4-3-24(63)15-40(25)84-59(53(41)81)21-9-33(67)49(77)34(68)10-21/h3-16,39,41-43,53-55,58-61,63-83H,17H2,1-2H3/t39-,41?,42-,43-,53-,54-,55-,58+,59+,60+,61+/m0/s1. The van der Waals surface area contributed by atoms with Gasteiger partial charge >= 0.3 is 0 Å². The lowest BCUT2D eigenvalue weighted by Gasteiger charge is -2.43. The van der Waals surface area contributed by atoms with E-state index in [9.17, 15) is 107 Å². The van der Waals surface area contributed by atoms with Crippen LogP contribution in [0.2, 0.25) is 0 Å². The molecule has 8 aromatic rings. The number of aliphatic hydroxyl groups is 4. The van der Waals surface area contributed by atoms with Crippen molar-refractivity contribution >= 4 is 0 Å². The van der Waals surface area contributed by atoms with Gasteiger partial charge in [0.15, 0.2) is 93.4 Å². The zero-order valence-electron chi connectivity index (χ0n) is 45.2. The Hall–Kier alpha value is -10.6. The van der Waals surface area contributed by atoms with E-state index >= 15 is 0 Å². The van der Waals surface area contributed by atoms with Gasteiger partial charge in [0.2, 0.25) is 0 Å². The van der Waals surface area contributed by atoms with Crippen molar-refractivity contribution in [2.45, 2.75) is 86.9 Å². The molecule has 0 amide bonds. The molecule has 452 valence electrons. The van der Waals surface area contributed by atoms with Crippen molar-refractivity contribution in [2.75, 3.05) is 0 Å². The minimum absolute atomic E-state index is 0.0199. The van der Waals surface area contributed by atoms with Crippen molar-refractivity contribution in [1.29, 1.82) is 0 Å². The number of aliphatic hydroxyl groups excluding tert-OH is 4. The van der Waals surface area contributed by atoms with E-state index in [1.54, 1.807) is 0 Å². The molecular formula is C62H54O25. The van der Waals surface area contributed by atoms with Crippen molar-refractivity contribution in [3.63, 3.8) is 0 Å². The molecule has 0 spiro atoms. The Morgan fingerprint density at radius 2 is 0.724 bits per heavy atom. The molecule has 4 heterocycles. The number of ether oxygens (including phenoxy) is 4. The molecule has 1 unspecified atom stereocenters. The SMILES string of the molecule is Cc1c(O)ccc2c1O[C@H](c1cc(O)c(O)c(O)c1)[C@@H](O)[C@@H]2c1c(O)c([C@@H]2c3cc(C4c5ccc(O)cc5O[C@H](c5cc(O)c(O)c(O)c5)[C@H]4O)c(O)c(C)c3O[C@H](c3cc(O)c(O)c(O)c3)[C@H]2O)c(O)c2c1O[C@H](c1cc(O)c(O)c(O)c1)[C@@H](O)C2. The normalized spacial score (nSPS) is 23.6. The third-order valence-corrected chi connectivity index (χ3v) is 16.9. The molecule has 8 aromatic carbocycles. The van der Waals surface area contributed by atoms with Crippen LogP contribution in [0, 0.1) is 13.8 Å². The average Bonchev–Trinajstić information content (AvgIpc) is 1.36. The molecule has 11 atom stereocenters. The summed E-state index contributed by atoms with van der Waals surface area (Å²) in [5, 5.41) is 239. The highest BCUT2D eigenvalue weighted by Crippen LogP contribution is 2.63. The minimum Gasteiger partial charge on any atom is -0.508 e. The largest absolute Gasteiger partial charge is 0.508 e. The van der Waals surface area contributed by atoms with E-state index < -0.39 is 176 Å². The summed E-state index contributed by atoms with van der Waals surface area (Å²) in [4.78, 5) is 0. The highest BCUT2D eigenvalue weighted by Gasteiger charge is 2.51. The van der Waals surface area contributed by atoms with Crippen LogP contribution >= 0.6 is 0 Å². The van der Waals surface area contributed by atoms with Gasteiger partial charge in [-0.25, -0.2) is 0 Å². The third kappa shape index (κ3) is 8.76. The lowest BCUT2D eigenvalue weighted by Crippen LogP contribution is -2.38. The van der Waals surface area contributed by atoms with Crippen molar-refractivity contribution in [2.24, 2.45) is 0 Å². The van der Waals surface area contributed by atoms with Crippen LogP contribution in [0.1, 0.15) is 114 Å². The summed E-state index contributed by atoms with van der Waals surface area (Å²) in [6.45, 7) is 2.77. The second kappa shape index (κ2) is 20.3. The van der Waals surface area contributed by atoms with Gasteiger partial charge in [0.1, 0.15) is 70.1 Å². The molecule has 4 aliphatic heterocycles. The maximum atomic E-state index is 13.6. The number of hydrogen-bond acceptors (Lipinski definition) is 25. The topological polar surface area (TPSA) is 462 Å². The monoisotopic (exact) mass is 1200 g/mol. The van der Waals surface area contributed by atoms with E-state index in [1.165, 1.54) is 50.2 Å². The number of aromatic hydroxyl groups is 17.